The molecule has 0 fully saturated rings. The van der Waals surface area contributed by atoms with Gasteiger partial charge in [-0.05, 0) is 18.9 Å². The van der Waals surface area contributed by atoms with Crippen molar-refractivity contribution >= 4 is 0 Å². The van der Waals surface area contributed by atoms with Crippen molar-refractivity contribution in [3.63, 3.8) is 0 Å². The number of hydrogen-bond acceptors (Lipinski definition) is 0. The summed E-state index contributed by atoms with van der Waals surface area (Å²) in [5.41, 5.74) is 1.37. The van der Waals surface area contributed by atoms with Gasteiger partial charge >= 0.3 is 0 Å². The summed E-state index contributed by atoms with van der Waals surface area (Å²) in [4.78, 5) is 0. The van der Waals surface area contributed by atoms with Crippen LogP contribution in [-0.4, -0.2) is 4.57 Å². The van der Waals surface area contributed by atoms with Crippen LogP contribution in [0.5, 0.6) is 0 Å². The van der Waals surface area contributed by atoms with E-state index in [1.54, 1.807) is 0 Å². The lowest BCUT2D eigenvalue weighted by Gasteiger charge is -2.10. The van der Waals surface area contributed by atoms with Gasteiger partial charge in [0.05, 0.1) is 19.5 Å². The molecule has 2 aromatic rings. The molecule has 0 aliphatic rings. The van der Waals surface area contributed by atoms with Gasteiger partial charge in [-0.2, -0.15) is 0 Å². The molecule has 0 spiro atoms. The molecule has 0 aliphatic carbocycles. The molecule has 1 heterocycles. The predicted octanol–water partition coefficient (Wildman–Crippen LogP) is 2.87. The quantitative estimate of drug-likeness (QED) is 0.713. The second-order valence-corrected chi connectivity index (χ2v) is 4.59. The standard InChI is InChI=1S/C15H21N2/c1-4-10-17-12-11-16(3)15(17)13(2)14-8-6-5-7-9-14/h5-9,11-13H,4,10H2,1-3H3/q+1. The largest absolute Gasteiger partial charge is 0.263 e. The summed E-state index contributed by atoms with van der Waals surface area (Å²) in [5, 5.41) is 0. The Morgan fingerprint density at radius 3 is 2.59 bits per heavy atom. The van der Waals surface area contributed by atoms with Crippen molar-refractivity contribution in [1.82, 2.24) is 4.57 Å². The molecule has 17 heavy (non-hydrogen) atoms. The maximum absolute atomic E-state index is 2.36. The lowest BCUT2D eigenvalue weighted by molar-refractivity contribution is -0.679. The van der Waals surface area contributed by atoms with Gasteiger partial charge in [0.25, 0.3) is 5.82 Å². The predicted molar refractivity (Wildman–Crippen MR) is 69.9 cm³/mol. The Kier molecular flexibility index (Phi) is 3.62. The summed E-state index contributed by atoms with van der Waals surface area (Å²) in [6.45, 7) is 5.58. The van der Waals surface area contributed by atoms with E-state index in [2.05, 4.69) is 72.8 Å². The van der Waals surface area contributed by atoms with Crippen molar-refractivity contribution in [2.75, 3.05) is 0 Å². The Morgan fingerprint density at radius 2 is 1.94 bits per heavy atom. The van der Waals surface area contributed by atoms with Crippen LogP contribution < -0.4 is 4.57 Å². The minimum atomic E-state index is 0.433. The third-order valence-corrected chi connectivity index (χ3v) is 3.28. The summed E-state index contributed by atoms with van der Waals surface area (Å²) >= 11 is 0. The van der Waals surface area contributed by atoms with E-state index in [9.17, 15) is 0 Å². The molecule has 1 aromatic heterocycles. The maximum atomic E-state index is 2.36. The highest BCUT2D eigenvalue weighted by atomic mass is 15.1. The van der Waals surface area contributed by atoms with Crippen LogP contribution in [0.1, 0.15) is 37.6 Å². The normalized spacial score (nSPS) is 12.6. The van der Waals surface area contributed by atoms with Crippen LogP contribution in [0.25, 0.3) is 0 Å². The Bertz CT molecular complexity index is 471. The van der Waals surface area contributed by atoms with Crippen molar-refractivity contribution in [3.8, 4) is 0 Å². The smallest absolute Gasteiger partial charge is 0.236 e. The number of aromatic nitrogens is 2. The summed E-state index contributed by atoms with van der Waals surface area (Å²) in [5.74, 6) is 1.81. The first-order valence-electron chi connectivity index (χ1n) is 6.33. The van der Waals surface area contributed by atoms with E-state index in [4.69, 9.17) is 0 Å². The van der Waals surface area contributed by atoms with Gasteiger partial charge in [0.15, 0.2) is 0 Å². The third-order valence-electron chi connectivity index (χ3n) is 3.28. The van der Waals surface area contributed by atoms with Gasteiger partial charge in [0.2, 0.25) is 0 Å². The topological polar surface area (TPSA) is 8.81 Å². The molecule has 2 heteroatoms. The zero-order chi connectivity index (χ0) is 12.3. The highest BCUT2D eigenvalue weighted by molar-refractivity contribution is 5.23. The first-order chi connectivity index (χ1) is 8.24. The van der Waals surface area contributed by atoms with Crippen LogP contribution in [0.15, 0.2) is 42.7 Å². The second-order valence-electron chi connectivity index (χ2n) is 4.59. The van der Waals surface area contributed by atoms with Gasteiger partial charge in [0, 0.05) is 0 Å². The van der Waals surface area contributed by atoms with E-state index in [1.165, 1.54) is 17.8 Å². The lowest BCUT2D eigenvalue weighted by atomic mass is 10.0. The summed E-state index contributed by atoms with van der Waals surface area (Å²) in [7, 11) is 2.13. The van der Waals surface area contributed by atoms with Crippen molar-refractivity contribution in [1.29, 1.82) is 0 Å². The fraction of sp³-hybridized carbons (Fsp3) is 0.400. The molecule has 90 valence electrons. The zero-order valence-electron chi connectivity index (χ0n) is 10.9. The monoisotopic (exact) mass is 229 g/mol. The van der Waals surface area contributed by atoms with Crippen molar-refractivity contribution < 1.29 is 4.57 Å². The number of aryl methyl sites for hydroxylation is 2. The SMILES string of the molecule is CCCn1cc[n+](C)c1C(C)c1ccccc1. The van der Waals surface area contributed by atoms with Crippen molar-refractivity contribution in [3.05, 3.63) is 54.1 Å². The minimum absolute atomic E-state index is 0.433. The fourth-order valence-electron chi connectivity index (χ4n) is 2.41. The van der Waals surface area contributed by atoms with Gasteiger partial charge in [0.1, 0.15) is 12.4 Å². The summed E-state index contributed by atoms with van der Waals surface area (Å²) in [6.07, 6.45) is 5.49. The Morgan fingerprint density at radius 1 is 1.24 bits per heavy atom. The molecular weight excluding hydrogens is 208 g/mol. The van der Waals surface area contributed by atoms with E-state index < -0.39 is 0 Å². The molecule has 0 N–H and O–H groups in total. The molecule has 0 saturated heterocycles. The molecule has 0 amide bonds. The van der Waals surface area contributed by atoms with Gasteiger partial charge in [-0.1, -0.05) is 37.3 Å². The first kappa shape index (κ1) is 11.9. The third kappa shape index (κ3) is 2.41. The van der Waals surface area contributed by atoms with Crippen LogP contribution in [0.4, 0.5) is 0 Å². The molecular formula is C15H21N2+. The van der Waals surface area contributed by atoms with Crippen molar-refractivity contribution in [2.45, 2.75) is 32.7 Å². The minimum Gasteiger partial charge on any atom is -0.236 e. The molecule has 0 bridgehead atoms. The number of hydrogen-bond donors (Lipinski definition) is 0. The first-order valence-corrected chi connectivity index (χ1v) is 6.33. The highest BCUT2D eigenvalue weighted by Gasteiger charge is 2.22. The maximum Gasteiger partial charge on any atom is 0.263 e. The molecule has 0 saturated carbocycles. The lowest BCUT2D eigenvalue weighted by Crippen LogP contribution is -2.33. The van der Waals surface area contributed by atoms with Crippen LogP contribution >= 0.6 is 0 Å². The second kappa shape index (κ2) is 5.17. The Balaban J connectivity index is 2.36. The number of benzene rings is 1. The highest BCUT2D eigenvalue weighted by Crippen LogP contribution is 2.21. The van der Waals surface area contributed by atoms with E-state index >= 15 is 0 Å². The number of nitrogens with zero attached hydrogens (tertiary/aromatic N) is 2. The van der Waals surface area contributed by atoms with E-state index in [-0.39, 0.29) is 0 Å². The van der Waals surface area contributed by atoms with E-state index in [0.29, 0.717) is 5.92 Å². The zero-order valence-corrected chi connectivity index (χ0v) is 10.9. The molecule has 0 aliphatic heterocycles. The number of imidazole rings is 1. The Hall–Kier alpha value is -1.57. The number of rotatable bonds is 4. The fourth-order valence-corrected chi connectivity index (χ4v) is 2.41. The molecule has 2 nitrogen and oxygen atoms in total. The van der Waals surface area contributed by atoms with E-state index in [0.717, 1.165) is 6.54 Å². The average molecular weight is 229 g/mol. The summed E-state index contributed by atoms with van der Waals surface area (Å²) < 4.78 is 4.59. The van der Waals surface area contributed by atoms with Gasteiger partial charge < -0.3 is 0 Å². The summed E-state index contributed by atoms with van der Waals surface area (Å²) in [6, 6.07) is 10.7. The van der Waals surface area contributed by atoms with Gasteiger partial charge in [-0.3, -0.25) is 0 Å². The Labute approximate surface area is 104 Å². The van der Waals surface area contributed by atoms with Gasteiger partial charge in [-0.25, -0.2) is 9.13 Å². The van der Waals surface area contributed by atoms with Crippen LogP contribution in [0, 0.1) is 0 Å². The molecule has 1 aromatic carbocycles. The van der Waals surface area contributed by atoms with Gasteiger partial charge in [-0.15, -0.1) is 0 Å². The molecule has 1 unspecified atom stereocenters. The van der Waals surface area contributed by atoms with Crippen LogP contribution in [-0.2, 0) is 13.6 Å². The van der Waals surface area contributed by atoms with Crippen LogP contribution in [0.2, 0.25) is 0 Å². The van der Waals surface area contributed by atoms with Crippen LogP contribution in [0.3, 0.4) is 0 Å². The molecule has 1 atom stereocenters. The molecule has 2 rings (SSSR count). The molecule has 0 radical (unpaired) electrons. The average Bonchev–Trinajstić information content (AvgIpc) is 2.71. The van der Waals surface area contributed by atoms with E-state index in [1.807, 2.05) is 0 Å². The van der Waals surface area contributed by atoms with Crippen molar-refractivity contribution in [2.24, 2.45) is 7.05 Å².